The topological polar surface area (TPSA) is 49.5 Å². The monoisotopic (exact) mass is 264 g/mol. The fourth-order valence-electron chi connectivity index (χ4n) is 2.44. The van der Waals surface area contributed by atoms with E-state index in [1.165, 1.54) is 5.56 Å². The average Bonchev–Trinajstić information content (AvgIpc) is 2.34. The van der Waals surface area contributed by atoms with Gasteiger partial charge in [-0.2, -0.15) is 0 Å². The molecule has 2 atom stereocenters. The van der Waals surface area contributed by atoms with Crippen LogP contribution in [0, 0.1) is 5.92 Å². The molecule has 2 rings (SSSR count). The fourth-order valence-corrected chi connectivity index (χ4v) is 2.57. The lowest BCUT2D eigenvalue weighted by Crippen LogP contribution is -2.41. The summed E-state index contributed by atoms with van der Waals surface area (Å²) in [7, 11) is 0. The van der Waals surface area contributed by atoms with Gasteiger partial charge in [-0.25, -0.2) is 0 Å². The second-order valence-electron chi connectivity index (χ2n) is 5.13. The third-order valence-electron chi connectivity index (χ3n) is 3.56. The van der Waals surface area contributed by atoms with Crippen LogP contribution in [-0.2, 0) is 6.54 Å². The minimum atomic E-state index is -0.149. The molecule has 0 aromatic heterocycles. The highest BCUT2D eigenvalue weighted by atomic mass is 32.1. The summed E-state index contributed by atoms with van der Waals surface area (Å²) in [6.07, 6.45) is 0.708. The number of hydrogen-bond acceptors (Lipinski definition) is 3. The molecular weight excluding hydrogens is 244 g/mol. The molecule has 98 valence electrons. The van der Waals surface area contributed by atoms with Gasteiger partial charge in [-0.3, -0.25) is 4.90 Å². The highest BCUT2D eigenvalue weighted by molar-refractivity contribution is 7.80. The number of rotatable bonds is 3. The molecule has 1 fully saturated rings. The molecule has 3 nitrogen and oxygen atoms in total. The summed E-state index contributed by atoms with van der Waals surface area (Å²) in [6.45, 7) is 4.89. The van der Waals surface area contributed by atoms with E-state index in [-0.39, 0.29) is 6.10 Å². The Labute approximate surface area is 114 Å². The lowest BCUT2D eigenvalue weighted by atomic mass is 9.96. The minimum absolute atomic E-state index is 0.149. The third kappa shape index (κ3) is 3.28. The number of nitrogens with zero attached hydrogens (tertiary/aromatic N) is 1. The van der Waals surface area contributed by atoms with E-state index in [1.54, 1.807) is 0 Å². The van der Waals surface area contributed by atoms with Gasteiger partial charge in [-0.05, 0) is 24.0 Å². The van der Waals surface area contributed by atoms with E-state index in [1.807, 2.05) is 12.1 Å². The van der Waals surface area contributed by atoms with Crippen molar-refractivity contribution in [1.29, 1.82) is 0 Å². The predicted molar refractivity (Wildman–Crippen MR) is 77.4 cm³/mol. The summed E-state index contributed by atoms with van der Waals surface area (Å²) >= 11 is 4.99. The van der Waals surface area contributed by atoms with Crippen molar-refractivity contribution in [2.45, 2.75) is 26.0 Å². The molecule has 4 heteroatoms. The first-order valence-electron chi connectivity index (χ1n) is 6.35. The van der Waals surface area contributed by atoms with Gasteiger partial charge in [0.2, 0.25) is 0 Å². The maximum Gasteiger partial charge on any atom is 0.103 e. The zero-order chi connectivity index (χ0) is 13.1. The highest BCUT2D eigenvalue weighted by Gasteiger charge is 2.23. The van der Waals surface area contributed by atoms with E-state index in [4.69, 9.17) is 18.0 Å². The number of likely N-dealkylation sites (tertiary alicyclic amines) is 1. The Balaban J connectivity index is 2.01. The van der Waals surface area contributed by atoms with Crippen LogP contribution < -0.4 is 5.73 Å². The second kappa shape index (κ2) is 5.78. The SMILES string of the molecule is CC1CN(Cc2cccc(C(N)=S)c2)CCC1O. The molecule has 2 unspecified atom stereocenters. The quantitative estimate of drug-likeness (QED) is 0.813. The maximum atomic E-state index is 9.72. The Morgan fingerprint density at radius 1 is 1.56 bits per heavy atom. The number of piperidine rings is 1. The van der Waals surface area contributed by atoms with E-state index >= 15 is 0 Å². The molecule has 1 aliphatic rings. The first-order chi connectivity index (χ1) is 8.56. The largest absolute Gasteiger partial charge is 0.393 e. The standard InChI is InChI=1S/C14H20N2OS/c1-10-8-16(6-5-13(10)17)9-11-3-2-4-12(7-11)14(15)18/h2-4,7,10,13,17H,5-6,8-9H2,1H3,(H2,15,18). The molecule has 1 aromatic rings. The van der Waals surface area contributed by atoms with Gasteiger partial charge in [0.05, 0.1) is 6.10 Å². The summed E-state index contributed by atoms with van der Waals surface area (Å²) in [5.74, 6) is 0.345. The molecule has 3 N–H and O–H groups in total. The average molecular weight is 264 g/mol. The van der Waals surface area contributed by atoms with E-state index in [0.29, 0.717) is 10.9 Å². The van der Waals surface area contributed by atoms with Crippen molar-refractivity contribution >= 4 is 17.2 Å². The molecule has 18 heavy (non-hydrogen) atoms. The summed E-state index contributed by atoms with van der Waals surface area (Å²) in [5, 5.41) is 9.72. The molecule has 0 bridgehead atoms. The molecule has 0 aliphatic carbocycles. The predicted octanol–water partition coefficient (Wildman–Crippen LogP) is 1.52. The molecular formula is C14H20N2OS. The van der Waals surface area contributed by atoms with Gasteiger partial charge in [0, 0.05) is 25.2 Å². The van der Waals surface area contributed by atoms with Crippen LogP contribution in [0.2, 0.25) is 0 Å². The van der Waals surface area contributed by atoms with E-state index in [2.05, 4.69) is 24.0 Å². The Hall–Kier alpha value is -0.970. The molecule has 1 saturated heterocycles. The van der Waals surface area contributed by atoms with Gasteiger partial charge in [-0.15, -0.1) is 0 Å². The Morgan fingerprint density at radius 2 is 2.33 bits per heavy atom. The van der Waals surface area contributed by atoms with Crippen molar-refractivity contribution in [1.82, 2.24) is 4.90 Å². The molecule has 0 radical (unpaired) electrons. The van der Waals surface area contributed by atoms with E-state index < -0.39 is 0 Å². The maximum absolute atomic E-state index is 9.72. The highest BCUT2D eigenvalue weighted by Crippen LogP contribution is 2.19. The summed E-state index contributed by atoms with van der Waals surface area (Å²) in [5.41, 5.74) is 7.79. The van der Waals surface area contributed by atoms with Crippen LogP contribution in [0.1, 0.15) is 24.5 Å². The molecule has 1 heterocycles. The summed E-state index contributed by atoms with van der Waals surface area (Å²) in [6, 6.07) is 8.08. The molecule has 0 saturated carbocycles. The number of nitrogens with two attached hydrogens (primary N) is 1. The van der Waals surface area contributed by atoms with Crippen LogP contribution >= 0.6 is 12.2 Å². The number of thiocarbonyl (C=S) groups is 1. The van der Waals surface area contributed by atoms with Crippen LogP contribution in [0.15, 0.2) is 24.3 Å². The second-order valence-corrected chi connectivity index (χ2v) is 5.57. The summed E-state index contributed by atoms with van der Waals surface area (Å²) in [4.78, 5) is 2.81. The molecule has 1 aliphatic heterocycles. The van der Waals surface area contributed by atoms with Gasteiger partial charge in [0.25, 0.3) is 0 Å². The first-order valence-corrected chi connectivity index (χ1v) is 6.76. The van der Waals surface area contributed by atoms with Crippen LogP contribution in [0.3, 0.4) is 0 Å². The Kier molecular flexibility index (Phi) is 4.32. The van der Waals surface area contributed by atoms with Crippen LogP contribution in [0.5, 0.6) is 0 Å². The van der Waals surface area contributed by atoms with Crippen molar-refractivity contribution < 1.29 is 5.11 Å². The number of benzene rings is 1. The van der Waals surface area contributed by atoms with Gasteiger partial charge in [0.15, 0.2) is 0 Å². The number of aliphatic hydroxyl groups excluding tert-OH is 1. The Bertz CT molecular complexity index is 436. The lowest BCUT2D eigenvalue weighted by molar-refractivity contribution is 0.0320. The Morgan fingerprint density at radius 3 is 3.00 bits per heavy atom. The van der Waals surface area contributed by atoms with Gasteiger partial charge in [-0.1, -0.05) is 37.3 Å². The van der Waals surface area contributed by atoms with Crippen molar-refractivity contribution in [2.24, 2.45) is 11.7 Å². The van der Waals surface area contributed by atoms with Gasteiger partial charge < -0.3 is 10.8 Å². The normalized spacial score (nSPS) is 25.0. The van der Waals surface area contributed by atoms with E-state index in [0.717, 1.165) is 31.6 Å². The summed E-state index contributed by atoms with van der Waals surface area (Å²) < 4.78 is 0. The van der Waals surface area contributed by atoms with Crippen molar-refractivity contribution in [2.75, 3.05) is 13.1 Å². The van der Waals surface area contributed by atoms with Crippen LogP contribution in [0.25, 0.3) is 0 Å². The smallest absolute Gasteiger partial charge is 0.103 e. The van der Waals surface area contributed by atoms with Gasteiger partial charge >= 0.3 is 0 Å². The van der Waals surface area contributed by atoms with Crippen LogP contribution in [-0.4, -0.2) is 34.2 Å². The van der Waals surface area contributed by atoms with Crippen LogP contribution in [0.4, 0.5) is 0 Å². The van der Waals surface area contributed by atoms with Crippen molar-refractivity contribution in [3.05, 3.63) is 35.4 Å². The molecule has 0 amide bonds. The van der Waals surface area contributed by atoms with Crippen molar-refractivity contribution in [3.63, 3.8) is 0 Å². The first kappa shape index (κ1) is 13.5. The zero-order valence-corrected chi connectivity index (χ0v) is 11.5. The molecule has 1 aromatic carbocycles. The van der Waals surface area contributed by atoms with E-state index in [9.17, 15) is 5.11 Å². The zero-order valence-electron chi connectivity index (χ0n) is 10.7. The third-order valence-corrected chi connectivity index (χ3v) is 3.80. The molecule has 0 spiro atoms. The number of hydrogen-bond donors (Lipinski definition) is 2. The minimum Gasteiger partial charge on any atom is -0.393 e. The number of aliphatic hydroxyl groups is 1. The van der Waals surface area contributed by atoms with Gasteiger partial charge in [0.1, 0.15) is 4.99 Å². The lowest BCUT2D eigenvalue weighted by Gasteiger charge is -2.34. The van der Waals surface area contributed by atoms with Crippen molar-refractivity contribution in [3.8, 4) is 0 Å². The fraction of sp³-hybridized carbons (Fsp3) is 0.500.